The summed E-state index contributed by atoms with van der Waals surface area (Å²) < 4.78 is 0. The van der Waals surface area contributed by atoms with Gasteiger partial charge >= 0.3 is 0 Å². The van der Waals surface area contributed by atoms with Gasteiger partial charge < -0.3 is 14.8 Å². The number of fused-ring (bicyclic) bond motifs is 4. The minimum atomic E-state index is -0.398. The molecule has 0 aliphatic carbocycles. The summed E-state index contributed by atoms with van der Waals surface area (Å²) in [5.74, 6) is 0.190. The number of aromatic nitrogens is 1. The number of carbonyl (C=O) groups is 2. The lowest BCUT2D eigenvalue weighted by molar-refractivity contribution is -0.159. The van der Waals surface area contributed by atoms with Crippen molar-refractivity contribution in [3.63, 3.8) is 0 Å². The first kappa shape index (κ1) is 20.8. The van der Waals surface area contributed by atoms with E-state index in [2.05, 4.69) is 48.3 Å². The van der Waals surface area contributed by atoms with Crippen molar-refractivity contribution >= 4 is 22.7 Å². The molecule has 2 aliphatic heterocycles. The van der Waals surface area contributed by atoms with Gasteiger partial charge in [-0.25, -0.2) is 0 Å². The Morgan fingerprint density at radius 3 is 2.59 bits per heavy atom. The maximum Gasteiger partial charge on any atom is 0.246 e. The summed E-state index contributed by atoms with van der Waals surface area (Å²) in [6, 6.07) is 18.2. The summed E-state index contributed by atoms with van der Waals surface area (Å²) >= 11 is 0. The highest BCUT2D eigenvalue weighted by Crippen LogP contribution is 2.41. The number of hydrogen-bond acceptors (Lipinski definition) is 2. The monoisotopic (exact) mass is 429 g/mol. The number of aromatic amines is 1. The van der Waals surface area contributed by atoms with E-state index in [1.54, 1.807) is 4.90 Å². The Labute approximate surface area is 189 Å². The lowest BCUT2D eigenvalue weighted by Gasteiger charge is -2.47. The maximum atomic E-state index is 13.5. The number of amides is 2. The normalized spacial score (nSPS) is 20.5. The number of piperazine rings is 1. The molecule has 0 unspecified atom stereocenters. The highest BCUT2D eigenvalue weighted by Gasteiger charge is 2.47. The molecule has 1 aromatic heterocycles. The van der Waals surface area contributed by atoms with E-state index in [-0.39, 0.29) is 24.4 Å². The molecule has 1 saturated heterocycles. The Bertz CT molecular complexity index is 1120. The fourth-order valence-corrected chi connectivity index (χ4v) is 5.43. The number of nitrogens with one attached hydrogen (secondary N) is 1. The second-order valence-electron chi connectivity index (χ2n) is 9.09. The molecule has 0 bridgehead atoms. The van der Waals surface area contributed by atoms with E-state index in [4.69, 9.17) is 0 Å². The molecule has 0 radical (unpaired) electrons. The van der Waals surface area contributed by atoms with Gasteiger partial charge in [0.05, 0.1) is 12.6 Å². The van der Waals surface area contributed by atoms with E-state index in [1.165, 1.54) is 16.5 Å². The Hall–Kier alpha value is -3.08. The Morgan fingerprint density at radius 2 is 1.78 bits per heavy atom. The second kappa shape index (κ2) is 8.81. The third-order valence-corrected chi connectivity index (χ3v) is 7.04. The van der Waals surface area contributed by atoms with Crippen molar-refractivity contribution in [1.82, 2.24) is 14.8 Å². The predicted molar refractivity (Wildman–Crippen MR) is 126 cm³/mol. The van der Waals surface area contributed by atoms with Crippen LogP contribution < -0.4 is 0 Å². The molecule has 2 amide bonds. The number of hydrogen-bond donors (Lipinski definition) is 1. The topological polar surface area (TPSA) is 56.4 Å². The van der Waals surface area contributed by atoms with Gasteiger partial charge in [0, 0.05) is 29.6 Å². The molecule has 5 nitrogen and oxygen atoms in total. The van der Waals surface area contributed by atoms with Gasteiger partial charge in [0.2, 0.25) is 11.8 Å². The third-order valence-electron chi connectivity index (χ3n) is 7.04. The molecule has 1 fully saturated rings. The predicted octanol–water partition coefficient (Wildman–Crippen LogP) is 4.63. The molecule has 5 rings (SSSR count). The summed E-state index contributed by atoms with van der Waals surface area (Å²) in [4.78, 5) is 34.2. The van der Waals surface area contributed by atoms with Crippen LogP contribution in [-0.2, 0) is 22.4 Å². The van der Waals surface area contributed by atoms with Gasteiger partial charge in [-0.3, -0.25) is 9.59 Å². The average molecular weight is 430 g/mol. The molecular formula is C27H31N3O2. The van der Waals surface area contributed by atoms with Crippen LogP contribution in [0.2, 0.25) is 0 Å². The quantitative estimate of drug-likeness (QED) is 0.557. The van der Waals surface area contributed by atoms with Crippen molar-refractivity contribution in [1.29, 1.82) is 0 Å². The molecule has 0 spiro atoms. The first-order valence-corrected chi connectivity index (χ1v) is 11.9. The second-order valence-corrected chi connectivity index (χ2v) is 9.09. The van der Waals surface area contributed by atoms with Crippen LogP contribution in [0.4, 0.5) is 0 Å². The van der Waals surface area contributed by atoms with Crippen LogP contribution in [0.15, 0.2) is 54.6 Å². The number of para-hydroxylation sites is 1. The van der Waals surface area contributed by atoms with Gasteiger partial charge in [-0.15, -0.1) is 0 Å². The molecule has 2 aromatic carbocycles. The van der Waals surface area contributed by atoms with Crippen molar-refractivity contribution in [3.8, 4) is 0 Å². The van der Waals surface area contributed by atoms with E-state index in [1.807, 2.05) is 23.1 Å². The summed E-state index contributed by atoms with van der Waals surface area (Å²) in [7, 11) is 0. The number of H-pyrrole nitrogens is 1. The molecule has 2 aliphatic rings. The number of nitrogens with zero attached hydrogens (tertiary/aromatic N) is 2. The zero-order chi connectivity index (χ0) is 22.1. The van der Waals surface area contributed by atoms with Gasteiger partial charge in [0.1, 0.15) is 6.04 Å². The van der Waals surface area contributed by atoms with Gasteiger partial charge in [0.15, 0.2) is 0 Å². The molecule has 1 N–H and O–H groups in total. The minimum absolute atomic E-state index is 0.0773. The molecular weight excluding hydrogens is 398 g/mol. The lowest BCUT2D eigenvalue weighted by Crippen LogP contribution is -2.63. The van der Waals surface area contributed by atoms with Crippen LogP contribution in [0.5, 0.6) is 0 Å². The summed E-state index contributed by atoms with van der Waals surface area (Å²) in [5.41, 5.74) is 4.65. The van der Waals surface area contributed by atoms with E-state index in [0.29, 0.717) is 13.0 Å². The zero-order valence-corrected chi connectivity index (χ0v) is 18.7. The molecule has 2 atom stereocenters. The molecule has 32 heavy (non-hydrogen) atoms. The smallest absolute Gasteiger partial charge is 0.246 e. The van der Waals surface area contributed by atoms with Gasteiger partial charge in [-0.05, 0) is 36.5 Å². The van der Waals surface area contributed by atoms with E-state index < -0.39 is 6.04 Å². The van der Waals surface area contributed by atoms with Crippen LogP contribution in [0.25, 0.3) is 10.9 Å². The maximum absolute atomic E-state index is 13.5. The van der Waals surface area contributed by atoms with E-state index >= 15 is 0 Å². The van der Waals surface area contributed by atoms with Crippen LogP contribution in [0.3, 0.4) is 0 Å². The highest BCUT2D eigenvalue weighted by atomic mass is 16.2. The Balaban J connectivity index is 1.50. The average Bonchev–Trinajstić information content (AvgIpc) is 3.19. The molecule has 3 heterocycles. The van der Waals surface area contributed by atoms with Crippen molar-refractivity contribution in [2.75, 3.05) is 13.1 Å². The number of unbranched alkanes of at least 4 members (excludes halogenated alkanes) is 2. The minimum Gasteiger partial charge on any atom is -0.356 e. The summed E-state index contributed by atoms with van der Waals surface area (Å²) in [5, 5.41) is 1.18. The molecule has 0 saturated carbocycles. The first-order chi connectivity index (χ1) is 15.7. The number of aryl methyl sites for hydroxylation is 1. The third kappa shape index (κ3) is 3.70. The highest BCUT2D eigenvalue weighted by molar-refractivity contribution is 5.97. The number of rotatable bonds is 7. The largest absolute Gasteiger partial charge is 0.356 e. The van der Waals surface area contributed by atoms with E-state index in [9.17, 15) is 9.59 Å². The van der Waals surface area contributed by atoms with Crippen LogP contribution in [-0.4, -0.2) is 45.7 Å². The first-order valence-electron chi connectivity index (χ1n) is 11.9. The molecule has 5 heteroatoms. The summed E-state index contributed by atoms with van der Waals surface area (Å²) in [6.07, 6.45) is 5.40. The lowest BCUT2D eigenvalue weighted by atomic mass is 9.86. The fourth-order valence-electron chi connectivity index (χ4n) is 5.43. The molecule has 166 valence electrons. The van der Waals surface area contributed by atoms with Crippen molar-refractivity contribution in [3.05, 3.63) is 71.4 Å². The van der Waals surface area contributed by atoms with Crippen molar-refractivity contribution in [2.45, 2.75) is 57.5 Å². The van der Waals surface area contributed by atoms with Gasteiger partial charge in [-0.1, -0.05) is 68.3 Å². The zero-order valence-electron chi connectivity index (χ0n) is 18.7. The van der Waals surface area contributed by atoms with Crippen LogP contribution in [0, 0.1) is 0 Å². The Kier molecular flexibility index (Phi) is 5.73. The number of benzene rings is 2. The van der Waals surface area contributed by atoms with Gasteiger partial charge in [0.25, 0.3) is 0 Å². The van der Waals surface area contributed by atoms with Crippen molar-refractivity contribution < 1.29 is 9.59 Å². The Morgan fingerprint density at radius 1 is 1.00 bits per heavy atom. The van der Waals surface area contributed by atoms with Crippen LogP contribution >= 0.6 is 0 Å². The fraction of sp³-hybridized carbons (Fsp3) is 0.407. The van der Waals surface area contributed by atoms with E-state index in [0.717, 1.165) is 43.3 Å². The summed E-state index contributed by atoms with van der Waals surface area (Å²) in [6.45, 7) is 3.04. The van der Waals surface area contributed by atoms with Crippen LogP contribution in [0.1, 0.15) is 55.5 Å². The van der Waals surface area contributed by atoms with Gasteiger partial charge in [-0.2, -0.15) is 0 Å². The SMILES string of the molecule is CCCCCN1CC(=O)N2[C@@H](Cc3c([nH]c4ccccc34)[C@@H]2CCc2ccccc2)C1=O. The van der Waals surface area contributed by atoms with Crippen molar-refractivity contribution in [2.24, 2.45) is 0 Å². The number of carbonyl (C=O) groups excluding carboxylic acids is 2. The standard InChI is InChI=1S/C27H31N3O2/c1-2-3-9-16-29-18-25(31)30-23(15-14-19-10-5-4-6-11-19)26-21(17-24(30)27(29)32)20-12-7-8-13-22(20)28-26/h4-8,10-13,23-24,28H,2-3,9,14-18H2,1H3/t23-,24-/m0/s1. The molecule has 3 aromatic rings.